The second-order valence-electron chi connectivity index (χ2n) is 6.37. The van der Waals surface area contributed by atoms with E-state index < -0.39 is 0 Å². The second-order valence-corrected chi connectivity index (χ2v) is 6.77. The Bertz CT molecular complexity index is 491. The minimum atomic E-state index is 0.105. The summed E-state index contributed by atoms with van der Waals surface area (Å²) in [6.07, 6.45) is 5.44. The van der Waals surface area contributed by atoms with Crippen LogP contribution in [-0.4, -0.2) is 30.4 Å². The molecule has 2 unspecified atom stereocenters. The van der Waals surface area contributed by atoms with Gasteiger partial charge in [0.15, 0.2) is 0 Å². The lowest BCUT2D eigenvalue weighted by Gasteiger charge is -2.23. The number of likely N-dealkylation sites (tertiary alicyclic amines) is 1. The molecule has 1 aliphatic heterocycles. The summed E-state index contributed by atoms with van der Waals surface area (Å²) in [4.78, 5) is 14.4. The zero-order valence-electron chi connectivity index (χ0n) is 12.4. The van der Waals surface area contributed by atoms with Crippen LogP contribution in [0.1, 0.15) is 31.2 Å². The van der Waals surface area contributed by atoms with Crippen LogP contribution in [0.5, 0.6) is 0 Å². The maximum atomic E-state index is 12.1. The molecule has 2 aliphatic rings. The Balaban J connectivity index is 1.45. The monoisotopic (exact) mass is 306 g/mol. The molecule has 1 aromatic rings. The van der Waals surface area contributed by atoms with Crippen LogP contribution in [0.25, 0.3) is 0 Å². The van der Waals surface area contributed by atoms with E-state index in [1.165, 1.54) is 25.7 Å². The molecule has 0 bridgehead atoms. The molecule has 1 heterocycles. The number of amides is 1. The molecule has 1 N–H and O–H groups in total. The summed E-state index contributed by atoms with van der Waals surface area (Å²) in [5, 5.41) is 3.70. The molecule has 1 aromatic carbocycles. The number of hydrogen-bond acceptors (Lipinski definition) is 2. The SMILES string of the molecule is O=C(CN1CC2CCCCC2C1)NCc1ccccc1Cl. The van der Waals surface area contributed by atoms with Crippen molar-refractivity contribution in [1.29, 1.82) is 0 Å². The van der Waals surface area contributed by atoms with E-state index in [4.69, 9.17) is 11.6 Å². The van der Waals surface area contributed by atoms with E-state index in [2.05, 4.69) is 10.2 Å². The standard InChI is InChI=1S/C17H23ClN2O/c18-16-8-4-3-5-13(16)9-19-17(21)12-20-10-14-6-1-2-7-15(14)11-20/h3-5,8,14-15H,1-2,6-7,9-12H2,(H,19,21). The fourth-order valence-corrected chi connectivity index (χ4v) is 3.93. The minimum Gasteiger partial charge on any atom is -0.351 e. The van der Waals surface area contributed by atoms with Crippen molar-refractivity contribution < 1.29 is 4.79 Å². The van der Waals surface area contributed by atoms with E-state index in [9.17, 15) is 4.79 Å². The van der Waals surface area contributed by atoms with E-state index >= 15 is 0 Å². The van der Waals surface area contributed by atoms with Crippen LogP contribution >= 0.6 is 11.6 Å². The zero-order valence-corrected chi connectivity index (χ0v) is 13.1. The van der Waals surface area contributed by atoms with Gasteiger partial charge in [-0.25, -0.2) is 0 Å². The highest BCUT2D eigenvalue weighted by molar-refractivity contribution is 6.31. The van der Waals surface area contributed by atoms with Crippen molar-refractivity contribution in [2.45, 2.75) is 32.2 Å². The van der Waals surface area contributed by atoms with Gasteiger partial charge in [0.25, 0.3) is 0 Å². The van der Waals surface area contributed by atoms with Gasteiger partial charge in [-0.1, -0.05) is 42.6 Å². The maximum absolute atomic E-state index is 12.1. The Morgan fingerprint density at radius 1 is 1.19 bits per heavy atom. The Kier molecular flexibility index (Phi) is 4.81. The Hall–Kier alpha value is -1.06. The number of carbonyl (C=O) groups excluding carboxylic acids is 1. The minimum absolute atomic E-state index is 0.105. The van der Waals surface area contributed by atoms with Crippen LogP contribution in [-0.2, 0) is 11.3 Å². The predicted octanol–water partition coefficient (Wildman–Crippen LogP) is 3.08. The molecular formula is C17H23ClN2O. The molecule has 0 spiro atoms. The van der Waals surface area contributed by atoms with E-state index in [-0.39, 0.29) is 5.91 Å². The summed E-state index contributed by atoms with van der Waals surface area (Å²) < 4.78 is 0. The van der Waals surface area contributed by atoms with Gasteiger partial charge in [-0.2, -0.15) is 0 Å². The van der Waals surface area contributed by atoms with Gasteiger partial charge < -0.3 is 5.32 Å². The number of halogens is 1. The molecule has 4 heteroatoms. The van der Waals surface area contributed by atoms with Crippen LogP contribution < -0.4 is 5.32 Å². The van der Waals surface area contributed by atoms with Gasteiger partial charge in [-0.3, -0.25) is 9.69 Å². The first-order valence-corrected chi connectivity index (χ1v) is 8.32. The molecule has 3 rings (SSSR count). The van der Waals surface area contributed by atoms with Crippen molar-refractivity contribution in [3.63, 3.8) is 0 Å². The summed E-state index contributed by atoms with van der Waals surface area (Å²) in [7, 11) is 0. The van der Waals surface area contributed by atoms with Crippen LogP contribution in [0.3, 0.4) is 0 Å². The van der Waals surface area contributed by atoms with Gasteiger partial charge in [0.05, 0.1) is 6.54 Å². The fourth-order valence-electron chi connectivity index (χ4n) is 3.73. The number of fused-ring (bicyclic) bond motifs is 1. The molecule has 2 fully saturated rings. The topological polar surface area (TPSA) is 32.3 Å². The lowest BCUT2D eigenvalue weighted by atomic mass is 9.82. The maximum Gasteiger partial charge on any atom is 0.234 e. The normalized spacial score (nSPS) is 25.6. The van der Waals surface area contributed by atoms with Crippen LogP contribution in [0.15, 0.2) is 24.3 Å². The Labute approximate surface area is 131 Å². The molecule has 1 amide bonds. The van der Waals surface area contributed by atoms with Gasteiger partial charge in [0.1, 0.15) is 0 Å². The van der Waals surface area contributed by atoms with Gasteiger partial charge in [0, 0.05) is 24.7 Å². The number of carbonyl (C=O) groups is 1. The molecule has 114 valence electrons. The zero-order chi connectivity index (χ0) is 14.7. The molecule has 1 saturated heterocycles. The quantitative estimate of drug-likeness (QED) is 0.927. The smallest absolute Gasteiger partial charge is 0.234 e. The van der Waals surface area contributed by atoms with E-state index in [1.54, 1.807) is 0 Å². The molecule has 2 atom stereocenters. The summed E-state index contributed by atoms with van der Waals surface area (Å²) in [6, 6.07) is 7.65. The average Bonchev–Trinajstić information content (AvgIpc) is 2.88. The van der Waals surface area contributed by atoms with Gasteiger partial charge in [0.2, 0.25) is 5.91 Å². The highest BCUT2D eigenvalue weighted by atomic mass is 35.5. The van der Waals surface area contributed by atoms with Crippen LogP contribution in [0, 0.1) is 11.8 Å². The first kappa shape index (κ1) is 14.9. The molecule has 21 heavy (non-hydrogen) atoms. The summed E-state index contributed by atoms with van der Waals surface area (Å²) in [5.41, 5.74) is 0.975. The highest BCUT2D eigenvalue weighted by Crippen LogP contribution is 2.35. The first-order valence-electron chi connectivity index (χ1n) is 7.95. The number of rotatable bonds is 4. The van der Waals surface area contributed by atoms with Gasteiger partial charge in [-0.05, 0) is 36.3 Å². The number of benzene rings is 1. The number of nitrogens with zero attached hydrogens (tertiary/aromatic N) is 1. The molecular weight excluding hydrogens is 284 g/mol. The van der Waals surface area contributed by atoms with Crippen LogP contribution in [0.4, 0.5) is 0 Å². The van der Waals surface area contributed by atoms with Crippen molar-refractivity contribution >= 4 is 17.5 Å². The number of hydrogen-bond donors (Lipinski definition) is 1. The van der Waals surface area contributed by atoms with Crippen molar-refractivity contribution in [3.8, 4) is 0 Å². The van der Waals surface area contributed by atoms with Gasteiger partial charge in [-0.15, -0.1) is 0 Å². The average molecular weight is 307 g/mol. The largest absolute Gasteiger partial charge is 0.351 e. The summed E-state index contributed by atoms with van der Waals surface area (Å²) >= 11 is 6.10. The van der Waals surface area contributed by atoms with E-state index in [0.29, 0.717) is 18.1 Å². The molecule has 1 saturated carbocycles. The Morgan fingerprint density at radius 2 is 1.86 bits per heavy atom. The Morgan fingerprint density at radius 3 is 2.52 bits per heavy atom. The summed E-state index contributed by atoms with van der Waals surface area (Å²) in [5.74, 6) is 1.76. The number of nitrogens with one attached hydrogen (secondary N) is 1. The van der Waals surface area contributed by atoms with Gasteiger partial charge >= 0.3 is 0 Å². The van der Waals surface area contributed by atoms with Crippen molar-refractivity contribution in [3.05, 3.63) is 34.9 Å². The molecule has 0 aromatic heterocycles. The third-order valence-electron chi connectivity index (χ3n) is 4.85. The fraction of sp³-hybridized carbons (Fsp3) is 0.588. The molecule has 1 aliphatic carbocycles. The van der Waals surface area contributed by atoms with Crippen LogP contribution in [0.2, 0.25) is 5.02 Å². The first-order chi connectivity index (χ1) is 10.2. The lowest BCUT2D eigenvalue weighted by molar-refractivity contribution is -0.122. The predicted molar refractivity (Wildman–Crippen MR) is 85.2 cm³/mol. The van der Waals surface area contributed by atoms with Crippen molar-refractivity contribution in [1.82, 2.24) is 10.2 Å². The third kappa shape index (κ3) is 3.78. The molecule has 3 nitrogen and oxygen atoms in total. The highest BCUT2D eigenvalue weighted by Gasteiger charge is 2.34. The van der Waals surface area contributed by atoms with E-state index in [1.807, 2.05) is 24.3 Å². The second kappa shape index (κ2) is 6.80. The third-order valence-corrected chi connectivity index (χ3v) is 5.22. The molecule has 0 radical (unpaired) electrons. The lowest BCUT2D eigenvalue weighted by Crippen LogP contribution is -2.36. The van der Waals surface area contributed by atoms with Crippen molar-refractivity contribution in [2.24, 2.45) is 11.8 Å². The summed E-state index contributed by atoms with van der Waals surface area (Å²) in [6.45, 7) is 3.24. The van der Waals surface area contributed by atoms with E-state index in [0.717, 1.165) is 30.5 Å². The van der Waals surface area contributed by atoms with Crippen molar-refractivity contribution in [2.75, 3.05) is 19.6 Å².